The van der Waals surface area contributed by atoms with Crippen molar-refractivity contribution in [3.05, 3.63) is 88.4 Å². The average molecular weight is 468 g/mol. The summed E-state index contributed by atoms with van der Waals surface area (Å²) in [7, 11) is 0. The second-order valence-electron chi connectivity index (χ2n) is 7.43. The van der Waals surface area contributed by atoms with E-state index in [9.17, 15) is 4.79 Å². The lowest BCUT2D eigenvalue weighted by molar-refractivity contribution is 0.102. The van der Waals surface area contributed by atoms with E-state index in [1.54, 1.807) is 6.07 Å². The Morgan fingerprint density at radius 2 is 1.77 bits per heavy atom. The first-order chi connectivity index (χ1) is 14.5. The lowest BCUT2D eigenvalue weighted by Gasteiger charge is -2.14. The molecule has 0 saturated heterocycles. The van der Waals surface area contributed by atoms with Crippen molar-refractivity contribution in [2.75, 3.05) is 11.9 Å². The van der Waals surface area contributed by atoms with Gasteiger partial charge < -0.3 is 14.8 Å². The molecular formula is C25H26BrNO3. The van der Waals surface area contributed by atoms with Crippen LogP contribution in [0.1, 0.15) is 36.2 Å². The van der Waals surface area contributed by atoms with E-state index in [4.69, 9.17) is 9.47 Å². The topological polar surface area (TPSA) is 47.6 Å². The largest absolute Gasteiger partial charge is 0.493 e. The maximum absolute atomic E-state index is 12.9. The summed E-state index contributed by atoms with van der Waals surface area (Å²) in [6.45, 7) is 5.33. The van der Waals surface area contributed by atoms with Crippen molar-refractivity contribution in [1.29, 1.82) is 0 Å². The quantitative estimate of drug-likeness (QED) is 0.380. The van der Waals surface area contributed by atoms with Gasteiger partial charge >= 0.3 is 0 Å². The molecule has 4 nitrogen and oxygen atoms in total. The van der Waals surface area contributed by atoms with Gasteiger partial charge in [0.25, 0.3) is 5.91 Å². The average Bonchev–Trinajstić information content (AvgIpc) is 2.74. The number of nitrogens with one attached hydrogen (secondary N) is 1. The van der Waals surface area contributed by atoms with Gasteiger partial charge in [0.15, 0.2) is 0 Å². The van der Waals surface area contributed by atoms with Crippen molar-refractivity contribution >= 4 is 27.5 Å². The van der Waals surface area contributed by atoms with Crippen LogP contribution in [0.4, 0.5) is 5.69 Å². The molecular weight excluding hydrogens is 442 g/mol. The molecule has 0 fully saturated rings. The summed E-state index contributed by atoms with van der Waals surface area (Å²) >= 11 is 3.44. The van der Waals surface area contributed by atoms with Crippen LogP contribution in [-0.2, 0) is 6.61 Å². The fourth-order valence-electron chi connectivity index (χ4n) is 2.81. The van der Waals surface area contributed by atoms with Gasteiger partial charge in [-0.2, -0.15) is 0 Å². The molecule has 3 rings (SSSR count). The van der Waals surface area contributed by atoms with E-state index >= 15 is 0 Å². The molecule has 0 heterocycles. The van der Waals surface area contributed by atoms with Crippen molar-refractivity contribution in [2.45, 2.75) is 26.9 Å². The lowest BCUT2D eigenvalue weighted by Crippen LogP contribution is -2.14. The van der Waals surface area contributed by atoms with E-state index in [1.807, 2.05) is 66.7 Å². The molecule has 30 heavy (non-hydrogen) atoms. The fourth-order valence-corrected chi connectivity index (χ4v) is 3.17. The Hall–Kier alpha value is -2.79. The van der Waals surface area contributed by atoms with E-state index in [1.165, 1.54) is 0 Å². The summed E-state index contributed by atoms with van der Waals surface area (Å²) in [5.74, 6) is 1.58. The molecule has 156 valence electrons. The van der Waals surface area contributed by atoms with Crippen LogP contribution < -0.4 is 14.8 Å². The molecule has 0 aliphatic carbocycles. The molecule has 0 saturated carbocycles. The van der Waals surface area contributed by atoms with Crippen molar-refractivity contribution in [2.24, 2.45) is 5.92 Å². The van der Waals surface area contributed by atoms with Crippen LogP contribution in [0.25, 0.3) is 0 Å². The first kappa shape index (κ1) is 21.9. The van der Waals surface area contributed by atoms with Crippen LogP contribution in [0.5, 0.6) is 11.5 Å². The SMILES string of the molecule is CC(C)CCOc1ccc(Br)cc1C(=O)Nc1cccc(OCc2ccccc2)c1. The van der Waals surface area contributed by atoms with Gasteiger partial charge in [-0.1, -0.05) is 66.2 Å². The molecule has 1 N–H and O–H groups in total. The van der Waals surface area contributed by atoms with Crippen LogP contribution in [0.3, 0.4) is 0 Å². The molecule has 1 amide bonds. The highest BCUT2D eigenvalue weighted by atomic mass is 79.9. The number of halogens is 1. The number of carbonyl (C=O) groups is 1. The zero-order valence-electron chi connectivity index (χ0n) is 17.2. The van der Waals surface area contributed by atoms with E-state index in [0.717, 1.165) is 16.5 Å². The Morgan fingerprint density at radius 1 is 0.967 bits per heavy atom. The van der Waals surface area contributed by atoms with E-state index < -0.39 is 0 Å². The number of carbonyl (C=O) groups excluding carboxylic acids is 1. The number of ether oxygens (including phenoxy) is 2. The normalized spacial score (nSPS) is 10.7. The molecule has 0 aromatic heterocycles. The highest BCUT2D eigenvalue weighted by Crippen LogP contribution is 2.26. The van der Waals surface area contributed by atoms with Gasteiger partial charge in [0.2, 0.25) is 0 Å². The smallest absolute Gasteiger partial charge is 0.259 e. The highest BCUT2D eigenvalue weighted by Gasteiger charge is 2.14. The number of anilines is 1. The minimum absolute atomic E-state index is 0.226. The Balaban J connectivity index is 1.67. The van der Waals surface area contributed by atoms with Crippen LogP contribution in [-0.4, -0.2) is 12.5 Å². The third-order valence-electron chi connectivity index (χ3n) is 4.48. The Labute approximate surface area is 186 Å². The van der Waals surface area contributed by atoms with Gasteiger partial charge in [0.1, 0.15) is 18.1 Å². The van der Waals surface area contributed by atoms with Crippen molar-refractivity contribution < 1.29 is 14.3 Å². The number of amides is 1. The zero-order chi connectivity index (χ0) is 21.3. The number of benzene rings is 3. The van der Waals surface area contributed by atoms with Crippen molar-refractivity contribution in [1.82, 2.24) is 0 Å². The van der Waals surface area contributed by atoms with Crippen LogP contribution in [0, 0.1) is 5.92 Å². The summed E-state index contributed by atoms with van der Waals surface area (Å²) in [5.41, 5.74) is 2.24. The van der Waals surface area contributed by atoms with E-state index in [-0.39, 0.29) is 5.91 Å². The molecule has 0 radical (unpaired) electrons. The number of hydrogen-bond donors (Lipinski definition) is 1. The highest BCUT2D eigenvalue weighted by molar-refractivity contribution is 9.10. The molecule has 0 unspecified atom stereocenters. The van der Waals surface area contributed by atoms with Gasteiger partial charge in [-0.3, -0.25) is 4.79 Å². The van der Waals surface area contributed by atoms with Crippen molar-refractivity contribution in [3.63, 3.8) is 0 Å². The minimum Gasteiger partial charge on any atom is -0.493 e. The molecule has 0 bridgehead atoms. The van der Waals surface area contributed by atoms with Gasteiger partial charge in [-0.05, 0) is 48.2 Å². The van der Waals surface area contributed by atoms with Crippen LogP contribution >= 0.6 is 15.9 Å². The monoisotopic (exact) mass is 467 g/mol. The summed E-state index contributed by atoms with van der Waals surface area (Å²) < 4.78 is 12.5. The van der Waals surface area contributed by atoms with Gasteiger partial charge in [0, 0.05) is 16.2 Å². The zero-order valence-corrected chi connectivity index (χ0v) is 18.8. The first-order valence-electron chi connectivity index (χ1n) is 10.0. The summed E-state index contributed by atoms with van der Waals surface area (Å²) in [4.78, 5) is 12.9. The predicted molar refractivity (Wildman–Crippen MR) is 124 cm³/mol. The Bertz CT molecular complexity index is 973. The second-order valence-corrected chi connectivity index (χ2v) is 8.34. The molecule has 0 spiro atoms. The van der Waals surface area contributed by atoms with E-state index in [2.05, 4.69) is 35.1 Å². The number of hydrogen-bond acceptors (Lipinski definition) is 3. The summed E-state index contributed by atoms with van der Waals surface area (Å²) in [6, 6.07) is 22.8. The van der Waals surface area contributed by atoms with Gasteiger partial charge in [-0.15, -0.1) is 0 Å². The molecule has 0 aliphatic heterocycles. The predicted octanol–water partition coefficient (Wildman–Crippen LogP) is 6.71. The first-order valence-corrected chi connectivity index (χ1v) is 10.8. The second kappa shape index (κ2) is 10.8. The Kier molecular flexibility index (Phi) is 7.91. The molecule has 3 aromatic carbocycles. The summed E-state index contributed by atoms with van der Waals surface area (Å²) in [6.07, 6.45) is 0.928. The minimum atomic E-state index is -0.226. The molecule has 0 aliphatic rings. The lowest BCUT2D eigenvalue weighted by atomic mass is 10.1. The van der Waals surface area contributed by atoms with Gasteiger partial charge in [0.05, 0.1) is 12.2 Å². The van der Waals surface area contributed by atoms with Crippen molar-refractivity contribution in [3.8, 4) is 11.5 Å². The third-order valence-corrected chi connectivity index (χ3v) is 4.97. The maximum atomic E-state index is 12.9. The Morgan fingerprint density at radius 3 is 2.53 bits per heavy atom. The number of rotatable bonds is 9. The van der Waals surface area contributed by atoms with Gasteiger partial charge in [-0.25, -0.2) is 0 Å². The fraction of sp³-hybridized carbons (Fsp3) is 0.240. The standard InChI is InChI=1S/C25H26BrNO3/c1-18(2)13-14-29-24-12-11-20(26)15-23(24)25(28)27-21-9-6-10-22(16-21)30-17-19-7-4-3-5-8-19/h3-12,15-16,18H,13-14,17H2,1-2H3,(H,27,28). The molecule has 0 atom stereocenters. The van der Waals surface area contributed by atoms with Crippen LogP contribution in [0.15, 0.2) is 77.3 Å². The molecule has 3 aromatic rings. The molecule has 5 heteroatoms. The third kappa shape index (κ3) is 6.63. The van der Waals surface area contributed by atoms with E-state index in [0.29, 0.717) is 41.9 Å². The maximum Gasteiger partial charge on any atom is 0.259 e. The summed E-state index contributed by atoms with van der Waals surface area (Å²) in [5, 5.41) is 2.94. The van der Waals surface area contributed by atoms with Crippen LogP contribution in [0.2, 0.25) is 0 Å².